The second-order valence-electron chi connectivity index (χ2n) is 8.40. The lowest BCUT2D eigenvalue weighted by Gasteiger charge is -2.23. The normalized spacial score (nSPS) is 17.8. The van der Waals surface area contributed by atoms with Gasteiger partial charge in [-0.25, -0.2) is 4.39 Å². The summed E-state index contributed by atoms with van der Waals surface area (Å²) in [6.45, 7) is 3.28. The number of guanidine groups is 1. The Balaban J connectivity index is 0.00000306. The van der Waals surface area contributed by atoms with E-state index in [1.807, 2.05) is 17.0 Å². The van der Waals surface area contributed by atoms with E-state index in [1.54, 1.807) is 20.2 Å². The van der Waals surface area contributed by atoms with E-state index in [0.717, 1.165) is 49.7 Å². The standard InChI is InChI=1S/C25H31FN4O2.HI/c1-27-25(28-15-18-9-10-22(26)20(14-18)17-32-2)30-16-19(21-6-3-4-7-23(21)30)11-13-29-12-5-8-24(29)31;/h3-4,6-7,9-10,14,19H,5,8,11-13,15-17H2,1-2H3,(H,27,28);1H. The van der Waals surface area contributed by atoms with Gasteiger partial charge in [-0.15, -0.1) is 24.0 Å². The molecular weight excluding hydrogens is 534 g/mol. The van der Waals surface area contributed by atoms with Gasteiger partial charge in [0.15, 0.2) is 5.96 Å². The Labute approximate surface area is 212 Å². The lowest BCUT2D eigenvalue weighted by molar-refractivity contribution is -0.127. The minimum absolute atomic E-state index is 0. The third-order valence-corrected chi connectivity index (χ3v) is 6.32. The van der Waals surface area contributed by atoms with Gasteiger partial charge in [0.1, 0.15) is 5.82 Å². The van der Waals surface area contributed by atoms with Crippen molar-refractivity contribution in [2.24, 2.45) is 4.99 Å². The van der Waals surface area contributed by atoms with E-state index >= 15 is 0 Å². The maximum Gasteiger partial charge on any atom is 0.222 e. The van der Waals surface area contributed by atoms with Crippen molar-refractivity contribution in [1.29, 1.82) is 0 Å². The fourth-order valence-corrected chi connectivity index (χ4v) is 4.68. The number of nitrogens with one attached hydrogen (secondary N) is 1. The van der Waals surface area contributed by atoms with Crippen LogP contribution in [0.15, 0.2) is 47.5 Å². The first-order valence-electron chi connectivity index (χ1n) is 11.2. The number of nitrogens with zero attached hydrogens (tertiary/aromatic N) is 3. The fourth-order valence-electron chi connectivity index (χ4n) is 4.68. The van der Waals surface area contributed by atoms with E-state index in [4.69, 9.17) is 4.74 Å². The van der Waals surface area contributed by atoms with Gasteiger partial charge in [-0.05, 0) is 42.2 Å². The lowest BCUT2D eigenvalue weighted by Crippen LogP contribution is -2.40. The molecule has 1 atom stereocenters. The van der Waals surface area contributed by atoms with Crippen LogP contribution in [-0.2, 0) is 22.7 Å². The zero-order valence-corrected chi connectivity index (χ0v) is 21.6. The Morgan fingerprint density at radius 1 is 1.27 bits per heavy atom. The van der Waals surface area contributed by atoms with Gasteiger partial charge in [-0.2, -0.15) is 0 Å². The molecule has 0 bridgehead atoms. The first kappa shape index (κ1) is 25.4. The fraction of sp³-hybridized carbons (Fsp3) is 0.440. The van der Waals surface area contributed by atoms with Crippen molar-refractivity contribution >= 4 is 41.5 Å². The van der Waals surface area contributed by atoms with Crippen LogP contribution < -0.4 is 10.2 Å². The number of anilines is 1. The number of carbonyl (C=O) groups excluding carboxylic acids is 1. The van der Waals surface area contributed by atoms with Crippen LogP contribution in [0.2, 0.25) is 0 Å². The van der Waals surface area contributed by atoms with Gasteiger partial charge in [0, 0.05) is 63.9 Å². The topological polar surface area (TPSA) is 57.2 Å². The summed E-state index contributed by atoms with van der Waals surface area (Å²) in [7, 11) is 3.34. The van der Waals surface area contributed by atoms with Gasteiger partial charge < -0.3 is 19.9 Å². The van der Waals surface area contributed by atoms with Crippen LogP contribution in [0.5, 0.6) is 0 Å². The van der Waals surface area contributed by atoms with Crippen molar-refractivity contribution in [2.45, 2.75) is 38.3 Å². The summed E-state index contributed by atoms with van der Waals surface area (Å²) in [5.74, 6) is 1.15. The molecule has 6 nitrogen and oxygen atoms in total. The summed E-state index contributed by atoms with van der Waals surface area (Å²) in [5.41, 5.74) is 3.96. The highest BCUT2D eigenvalue weighted by Crippen LogP contribution is 2.38. The smallest absolute Gasteiger partial charge is 0.222 e. The molecular formula is C25H32FIN4O2. The van der Waals surface area contributed by atoms with E-state index in [-0.39, 0.29) is 42.3 Å². The largest absolute Gasteiger partial charge is 0.380 e. The number of methoxy groups -OCH3 is 1. The Hall–Kier alpha value is -2.20. The Kier molecular flexibility index (Phi) is 9.08. The second kappa shape index (κ2) is 11.8. The average Bonchev–Trinajstić information content (AvgIpc) is 3.38. The third kappa shape index (κ3) is 5.84. The number of rotatable bonds is 7. The molecule has 33 heavy (non-hydrogen) atoms. The van der Waals surface area contributed by atoms with Gasteiger partial charge in [0.05, 0.1) is 6.61 Å². The molecule has 2 heterocycles. The van der Waals surface area contributed by atoms with E-state index < -0.39 is 0 Å². The molecule has 2 aliphatic heterocycles. The number of halogens is 2. The average molecular weight is 566 g/mol. The van der Waals surface area contributed by atoms with Gasteiger partial charge in [0.2, 0.25) is 5.91 Å². The van der Waals surface area contributed by atoms with Crippen LogP contribution in [0.4, 0.5) is 10.1 Å². The van der Waals surface area contributed by atoms with Crippen LogP contribution in [-0.4, -0.2) is 50.6 Å². The number of amides is 1. The first-order valence-corrected chi connectivity index (χ1v) is 11.2. The molecule has 0 aliphatic carbocycles. The molecule has 2 aromatic rings. The number of fused-ring (bicyclic) bond motifs is 1. The molecule has 1 saturated heterocycles. The monoisotopic (exact) mass is 566 g/mol. The molecule has 0 aromatic heterocycles. The molecule has 1 amide bonds. The van der Waals surface area contributed by atoms with Crippen molar-refractivity contribution in [3.8, 4) is 0 Å². The predicted octanol–water partition coefficient (Wildman–Crippen LogP) is 4.28. The molecule has 2 aromatic carbocycles. The maximum absolute atomic E-state index is 13.9. The number of ether oxygens (including phenoxy) is 1. The second-order valence-corrected chi connectivity index (χ2v) is 8.40. The van der Waals surface area contributed by atoms with Crippen LogP contribution in [0, 0.1) is 5.82 Å². The van der Waals surface area contributed by atoms with Gasteiger partial charge >= 0.3 is 0 Å². The van der Waals surface area contributed by atoms with Crippen molar-refractivity contribution in [1.82, 2.24) is 10.2 Å². The van der Waals surface area contributed by atoms with Gasteiger partial charge in [0.25, 0.3) is 0 Å². The summed E-state index contributed by atoms with van der Waals surface area (Å²) in [6, 6.07) is 13.5. The molecule has 0 radical (unpaired) electrons. The number of aliphatic imine (C=N–C) groups is 1. The predicted molar refractivity (Wildman–Crippen MR) is 140 cm³/mol. The minimum atomic E-state index is -0.257. The summed E-state index contributed by atoms with van der Waals surface area (Å²) in [5, 5.41) is 3.43. The van der Waals surface area contributed by atoms with Gasteiger partial charge in [-0.3, -0.25) is 9.79 Å². The number of para-hydroxylation sites is 1. The van der Waals surface area contributed by atoms with E-state index in [1.165, 1.54) is 11.6 Å². The summed E-state index contributed by atoms with van der Waals surface area (Å²) < 4.78 is 19.0. The van der Waals surface area contributed by atoms with Gasteiger partial charge in [-0.1, -0.05) is 24.3 Å². The SMILES string of the molecule is CN=C(NCc1ccc(F)c(COC)c1)N1CC(CCN2CCCC2=O)c2ccccc21.I. The molecule has 0 spiro atoms. The molecule has 1 fully saturated rings. The summed E-state index contributed by atoms with van der Waals surface area (Å²) in [4.78, 5) is 20.7. The van der Waals surface area contributed by atoms with Crippen LogP contribution in [0.3, 0.4) is 0 Å². The van der Waals surface area contributed by atoms with E-state index in [0.29, 0.717) is 24.4 Å². The zero-order valence-electron chi connectivity index (χ0n) is 19.2. The molecule has 0 saturated carbocycles. The quantitative estimate of drug-likeness (QED) is 0.309. The molecule has 4 rings (SSSR count). The highest BCUT2D eigenvalue weighted by atomic mass is 127. The number of likely N-dealkylation sites (tertiary alicyclic amines) is 1. The minimum Gasteiger partial charge on any atom is -0.380 e. The highest BCUT2D eigenvalue weighted by molar-refractivity contribution is 14.0. The lowest BCUT2D eigenvalue weighted by atomic mass is 9.98. The Morgan fingerprint density at radius 2 is 2.09 bits per heavy atom. The van der Waals surface area contributed by atoms with E-state index in [9.17, 15) is 9.18 Å². The first-order chi connectivity index (χ1) is 15.6. The van der Waals surface area contributed by atoms with Crippen molar-refractivity contribution in [3.63, 3.8) is 0 Å². The molecule has 2 aliphatic rings. The van der Waals surface area contributed by atoms with Crippen LogP contribution in [0.1, 0.15) is 41.9 Å². The van der Waals surface area contributed by atoms with Crippen molar-refractivity contribution in [2.75, 3.05) is 38.7 Å². The van der Waals surface area contributed by atoms with Crippen LogP contribution >= 0.6 is 24.0 Å². The summed E-state index contributed by atoms with van der Waals surface area (Å²) in [6.07, 6.45) is 2.59. The number of benzene rings is 2. The van der Waals surface area contributed by atoms with E-state index in [2.05, 4.69) is 33.4 Å². The maximum atomic E-state index is 13.9. The molecule has 8 heteroatoms. The summed E-state index contributed by atoms with van der Waals surface area (Å²) >= 11 is 0. The Morgan fingerprint density at radius 3 is 2.82 bits per heavy atom. The number of hydrogen-bond acceptors (Lipinski definition) is 3. The van der Waals surface area contributed by atoms with Crippen molar-refractivity contribution in [3.05, 3.63) is 65.0 Å². The number of carbonyl (C=O) groups is 1. The third-order valence-electron chi connectivity index (χ3n) is 6.32. The Bertz CT molecular complexity index is 1000. The number of hydrogen-bond donors (Lipinski definition) is 1. The highest BCUT2D eigenvalue weighted by Gasteiger charge is 2.32. The molecule has 178 valence electrons. The van der Waals surface area contributed by atoms with Crippen LogP contribution in [0.25, 0.3) is 0 Å². The molecule has 1 N–H and O–H groups in total. The van der Waals surface area contributed by atoms with Crippen molar-refractivity contribution < 1.29 is 13.9 Å². The molecule has 1 unspecified atom stereocenters. The zero-order chi connectivity index (χ0) is 22.5.